The maximum absolute atomic E-state index is 13.7. The van der Waals surface area contributed by atoms with Crippen LogP contribution in [-0.2, 0) is 4.79 Å². The summed E-state index contributed by atoms with van der Waals surface area (Å²) in [5.74, 6) is 1.08. The van der Waals surface area contributed by atoms with E-state index in [9.17, 15) is 15.0 Å². The molecule has 4 rings (SSSR count). The van der Waals surface area contributed by atoms with Crippen molar-refractivity contribution in [3.05, 3.63) is 23.3 Å². The minimum absolute atomic E-state index is 0.0621. The van der Waals surface area contributed by atoms with Crippen LogP contribution in [0.5, 0.6) is 0 Å². The highest BCUT2D eigenvalue weighted by Gasteiger charge is 2.71. The molecule has 2 fully saturated rings. The molecule has 2 saturated carbocycles. The zero-order chi connectivity index (χ0) is 16.8. The summed E-state index contributed by atoms with van der Waals surface area (Å²) in [5.41, 5.74) is 0.315. The van der Waals surface area contributed by atoms with Crippen molar-refractivity contribution in [3.8, 4) is 0 Å². The quantitative estimate of drug-likeness (QED) is 0.731. The Balaban J connectivity index is 1.93. The second kappa shape index (κ2) is 4.37. The Kier molecular flexibility index (Phi) is 2.96. The van der Waals surface area contributed by atoms with Gasteiger partial charge in [-0.2, -0.15) is 0 Å². The third-order valence-electron chi connectivity index (χ3n) is 7.57. The smallest absolute Gasteiger partial charge is 0.153 e. The number of aliphatic hydroxyl groups excluding tert-OH is 1. The SMILES string of the molecule is CC1=C[C@]23C(=O)C(C=C(CO)CC2(O)C1)C1C(C[C@H]3C)C1(C)C. The Morgan fingerprint density at radius 3 is 2.65 bits per heavy atom. The van der Waals surface area contributed by atoms with Crippen molar-refractivity contribution >= 4 is 5.78 Å². The molecule has 0 amide bonds. The number of Topliss-reactive ketones (excluding diaryl/α,β-unsaturated/α-hetero) is 1. The van der Waals surface area contributed by atoms with Crippen LogP contribution in [0.1, 0.15) is 47.0 Å². The van der Waals surface area contributed by atoms with Gasteiger partial charge in [0.05, 0.1) is 17.6 Å². The molecule has 4 aliphatic rings. The first-order chi connectivity index (χ1) is 10.7. The molecule has 2 bridgehead atoms. The van der Waals surface area contributed by atoms with E-state index >= 15 is 0 Å². The van der Waals surface area contributed by atoms with Gasteiger partial charge in [0.15, 0.2) is 5.78 Å². The van der Waals surface area contributed by atoms with Crippen molar-refractivity contribution in [1.82, 2.24) is 0 Å². The van der Waals surface area contributed by atoms with Crippen LogP contribution in [-0.4, -0.2) is 28.2 Å². The predicted octanol–water partition coefficient (Wildman–Crippen LogP) is 2.87. The molecule has 0 aliphatic heterocycles. The molecular weight excluding hydrogens is 288 g/mol. The molecule has 3 nitrogen and oxygen atoms in total. The van der Waals surface area contributed by atoms with Gasteiger partial charge in [-0.05, 0) is 48.5 Å². The molecule has 6 atom stereocenters. The first-order valence-corrected chi connectivity index (χ1v) is 8.93. The third kappa shape index (κ3) is 1.70. The lowest BCUT2D eigenvalue weighted by Crippen LogP contribution is -2.54. The minimum Gasteiger partial charge on any atom is -0.392 e. The molecule has 2 N–H and O–H groups in total. The first-order valence-electron chi connectivity index (χ1n) is 8.93. The van der Waals surface area contributed by atoms with Gasteiger partial charge in [-0.25, -0.2) is 0 Å². The summed E-state index contributed by atoms with van der Waals surface area (Å²) in [6, 6.07) is 0. The van der Waals surface area contributed by atoms with Crippen molar-refractivity contribution in [2.75, 3.05) is 6.61 Å². The van der Waals surface area contributed by atoms with E-state index in [-0.39, 0.29) is 29.6 Å². The second-order valence-electron chi connectivity index (χ2n) is 9.21. The van der Waals surface area contributed by atoms with Gasteiger partial charge in [0.1, 0.15) is 0 Å². The van der Waals surface area contributed by atoms with Crippen LogP contribution in [0.15, 0.2) is 23.3 Å². The molecule has 0 aromatic carbocycles. The number of allylic oxidation sites excluding steroid dienone is 1. The van der Waals surface area contributed by atoms with Gasteiger partial charge in [-0.3, -0.25) is 4.79 Å². The number of hydrogen-bond acceptors (Lipinski definition) is 3. The molecule has 126 valence electrons. The van der Waals surface area contributed by atoms with Crippen LogP contribution in [0, 0.1) is 34.5 Å². The van der Waals surface area contributed by atoms with E-state index < -0.39 is 11.0 Å². The lowest BCUT2D eigenvalue weighted by molar-refractivity contribution is -0.148. The minimum atomic E-state index is -1.06. The summed E-state index contributed by atoms with van der Waals surface area (Å²) in [5, 5.41) is 21.3. The van der Waals surface area contributed by atoms with Crippen LogP contribution in [0.3, 0.4) is 0 Å². The Morgan fingerprint density at radius 1 is 1.30 bits per heavy atom. The molecule has 0 heterocycles. The van der Waals surface area contributed by atoms with Gasteiger partial charge in [-0.1, -0.05) is 38.5 Å². The molecule has 4 aliphatic carbocycles. The van der Waals surface area contributed by atoms with Crippen LogP contribution in [0.25, 0.3) is 0 Å². The summed E-state index contributed by atoms with van der Waals surface area (Å²) in [6.07, 6.45) is 6.06. The fourth-order valence-corrected chi connectivity index (χ4v) is 6.47. The molecule has 4 unspecified atom stereocenters. The lowest BCUT2D eigenvalue weighted by Gasteiger charge is -2.45. The Bertz CT molecular complexity index is 643. The van der Waals surface area contributed by atoms with E-state index in [4.69, 9.17) is 0 Å². The highest BCUT2D eigenvalue weighted by molar-refractivity contribution is 5.94. The second-order valence-corrected chi connectivity index (χ2v) is 9.21. The number of carbonyl (C=O) groups is 1. The van der Waals surface area contributed by atoms with Crippen molar-refractivity contribution in [1.29, 1.82) is 0 Å². The van der Waals surface area contributed by atoms with Crippen molar-refractivity contribution in [2.45, 2.75) is 52.6 Å². The summed E-state index contributed by atoms with van der Waals surface area (Å²) in [6.45, 7) is 8.64. The topological polar surface area (TPSA) is 57.5 Å². The van der Waals surface area contributed by atoms with Crippen LogP contribution in [0.4, 0.5) is 0 Å². The van der Waals surface area contributed by atoms with E-state index in [1.54, 1.807) is 0 Å². The number of carbonyl (C=O) groups excluding carboxylic acids is 1. The van der Waals surface area contributed by atoms with Gasteiger partial charge in [0, 0.05) is 12.3 Å². The molecule has 1 spiro atoms. The van der Waals surface area contributed by atoms with E-state index in [0.29, 0.717) is 24.7 Å². The van der Waals surface area contributed by atoms with E-state index in [1.807, 2.05) is 13.0 Å². The standard InChI is InChI=1S/C20H28O3/c1-11-7-19(23)9-13(10-21)6-14-16-15(18(16,3)4)5-12(2)20(19,8-11)17(14)22/h6,8,12,14-16,21,23H,5,7,9-10H2,1-4H3/t12-,14?,15?,16?,19?,20+/m1/s1. The van der Waals surface area contributed by atoms with Gasteiger partial charge < -0.3 is 10.2 Å². The van der Waals surface area contributed by atoms with Crippen molar-refractivity contribution in [2.24, 2.45) is 34.5 Å². The summed E-state index contributed by atoms with van der Waals surface area (Å²) in [4.78, 5) is 13.7. The van der Waals surface area contributed by atoms with Crippen LogP contribution >= 0.6 is 0 Å². The number of aliphatic hydroxyl groups is 2. The van der Waals surface area contributed by atoms with Gasteiger partial charge in [0.25, 0.3) is 0 Å². The zero-order valence-electron chi connectivity index (χ0n) is 14.6. The lowest BCUT2D eigenvalue weighted by atomic mass is 9.60. The monoisotopic (exact) mass is 316 g/mol. The van der Waals surface area contributed by atoms with E-state index in [1.165, 1.54) is 0 Å². The Hall–Kier alpha value is -0.930. The van der Waals surface area contributed by atoms with Crippen LogP contribution in [0.2, 0.25) is 0 Å². The average molecular weight is 316 g/mol. The third-order valence-corrected chi connectivity index (χ3v) is 7.57. The maximum Gasteiger partial charge on any atom is 0.153 e. The Labute approximate surface area is 138 Å². The molecule has 3 heteroatoms. The van der Waals surface area contributed by atoms with Crippen LogP contribution < -0.4 is 0 Å². The molecule has 0 radical (unpaired) electrons. The summed E-state index contributed by atoms with van der Waals surface area (Å²) >= 11 is 0. The largest absolute Gasteiger partial charge is 0.392 e. The number of rotatable bonds is 1. The number of hydrogen-bond donors (Lipinski definition) is 2. The molecule has 0 aromatic rings. The number of fused-ring (bicyclic) bond motifs is 3. The highest BCUT2D eigenvalue weighted by Crippen LogP contribution is 2.71. The van der Waals surface area contributed by atoms with Crippen molar-refractivity contribution < 1.29 is 15.0 Å². The van der Waals surface area contributed by atoms with Crippen molar-refractivity contribution in [3.63, 3.8) is 0 Å². The van der Waals surface area contributed by atoms with E-state index in [2.05, 4.69) is 26.8 Å². The number of ketones is 1. The van der Waals surface area contributed by atoms with Gasteiger partial charge in [-0.15, -0.1) is 0 Å². The summed E-state index contributed by atoms with van der Waals surface area (Å²) < 4.78 is 0. The van der Waals surface area contributed by atoms with Gasteiger partial charge >= 0.3 is 0 Å². The molecular formula is C20H28O3. The molecule has 0 aromatic heterocycles. The first kappa shape index (κ1) is 15.6. The highest BCUT2D eigenvalue weighted by atomic mass is 16.3. The molecule has 23 heavy (non-hydrogen) atoms. The predicted molar refractivity (Wildman–Crippen MR) is 88.6 cm³/mol. The maximum atomic E-state index is 13.7. The molecule has 0 saturated heterocycles. The van der Waals surface area contributed by atoms with E-state index in [0.717, 1.165) is 17.6 Å². The summed E-state index contributed by atoms with van der Waals surface area (Å²) in [7, 11) is 0. The normalized spacial score (nSPS) is 50.3. The average Bonchev–Trinajstić information content (AvgIpc) is 2.91. The zero-order valence-corrected chi connectivity index (χ0v) is 14.6. The fraction of sp³-hybridized carbons (Fsp3) is 0.750. The Morgan fingerprint density at radius 2 is 2.00 bits per heavy atom. The van der Waals surface area contributed by atoms with Gasteiger partial charge in [0.2, 0.25) is 0 Å². The fourth-order valence-electron chi connectivity index (χ4n) is 6.47.